The second kappa shape index (κ2) is 11.6. The molecule has 4 heteroatoms. The zero-order valence-electron chi connectivity index (χ0n) is 24.5. The van der Waals surface area contributed by atoms with E-state index in [1.165, 1.54) is 66.9 Å². The first-order valence-corrected chi connectivity index (χ1v) is 13.9. The zero-order chi connectivity index (χ0) is 28.0. The fourth-order valence-electron chi connectivity index (χ4n) is 6.30. The smallest absolute Gasteiger partial charge is 0.0345 e. The van der Waals surface area contributed by atoms with Gasteiger partial charge in [-0.25, -0.2) is 0 Å². The number of para-hydroxylation sites is 4. The Bertz CT molecular complexity index is 1690. The van der Waals surface area contributed by atoms with Gasteiger partial charge in [-0.15, -0.1) is 17.7 Å². The molecule has 0 N–H and O–H groups in total. The summed E-state index contributed by atoms with van der Waals surface area (Å²) >= 11 is 0. The van der Waals surface area contributed by atoms with Gasteiger partial charge in [-0.05, 0) is 86.7 Å². The fourth-order valence-corrected chi connectivity index (χ4v) is 6.30. The van der Waals surface area contributed by atoms with Gasteiger partial charge in [0.25, 0.3) is 0 Å². The van der Waals surface area contributed by atoms with Gasteiger partial charge in [0.1, 0.15) is 0 Å². The number of aryl methyl sites for hydroxylation is 6. The minimum absolute atomic E-state index is 0. The Labute approximate surface area is 259 Å². The molecule has 0 saturated heterocycles. The molecule has 0 unspecified atom stereocenters. The van der Waals surface area contributed by atoms with Crippen LogP contribution >= 0.6 is 0 Å². The zero-order valence-corrected chi connectivity index (χ0v) is 26.6. The summed E-state index contributed by atoms with van der Waals surface area (Å²) in [5, 5.41) is 2.50. The van der Waals surface area contributed by atoms with Gasteiger partial charge in [0.2, 0.25) is 0 Å². The van der Waals surface area contributed by atoms with E-state index < -0.39 is 0 Å². The third kappa shape index (κ3) is 5.34. The first kappa shape index (κ1) is 28.8. The average Bonchev–Trinajstić information content (AvgIpc) is 3.47. The predicted octanol–water partition coefficient (Wildman–Crippen LogP) is 9.89. The molecule has 41 heavy (non-hydrogen) atoms. The van der Waals surface area contributed by atoms with Crippen molar-refractivity contribution in [2.45, 2.75) is 41.5 Å². The van der Waals surface area contributed by atoms with E-state index in [1.54, 1.807) is 0 Å². The Morgan fingerprint density at radius 1 is 0.488 bits per heavy atom. The number of rotatable bonds is 2. The summed E-state index contributed by atoms with van der Waals surface area (Å²) in [6, 6.07) is 34.2. The number of nitrogens with zero attached hydrogens (tertiary/aromatic N) is 3. The summed E-state index contributed by atoms with van der Waals surface area (Å²) in [6.45, 7) is 15.4. The van der Waals surface area contributed by atoms with E-state index in [0.29, 0.717) is 0 Å². The van der Waals surface area contributed by atoms with Crippen LogP contribution in [-0.2, 0) is 22.4 Å². The summed E-state index contributed by atoms with van der Waals surface area (Å²) < 4.78 is 0. The van der Waals surface area contributed by atoms with Crippen LogP contribution in [0.3, 0.4) is 0 Å². The third-order valence-electron chi connectivity index (χ3n) is 7.72. The molecule has 2 heterocycles. The molecule has 1 aliphatic heterocycles. The molecule has 0 amide bonds. The van der Waals surface area contributed by atoms with Crippen molar-refractivity contribution in [1.29, 1.82) is 0 Å². The monoisotopic (exact) mass is 718 g/mol. The molecule has 211 valence electrons. The standard InChI is InChI=1S/C25H27N2.C12H8N.Au/c1-16-11-18(3)24(19(4)12-16)26-15-27(23-10-8-7-9-22(23)26)25-20(5)13-17(2)14-21(25)6;1-3-7-11-9(5-1)10-6-2-4-8-12(10)13-11;/h7-15H,1-6H3;1-8H;/q2*-1;. The maximum atomic E-state index is 4.52. The second-order valence-electron chi connectivity index (χ2n) is 11.0. The predicted molar refractivity (Wildman–Crippen MR) is 171 cm³/mol. The van der Waals surface area contributed by atoms with Crippen molar-refractivity contribution in [3.63, 3.8) is 0 Å². The van der Waals surface area contributed by atoms with E-state index in [0.717, 1.165) is 11.0 Å². The Kier molecular flexibility index (Phi) is 8.15. The van der Waals surface area contributed by atoms with Gasteiger partial charge >= 0.3 is 0 Å². The van der Waals surface area contributed by atoms with Crippen LogP contribution in [0.5, 0.6) is 0 Å². The summed E-state index contributed by atoms with van der Waals surface area (Å²) in [5.74, 6) is 0. The summed E-state index contributed by atoms with van der Waals surface area (Å²) in [5.41, 5.74) is 15.0. The van der Waals surface area contributed by atoms with Gasteiger partial charge in [-0.3, -0.25) is 0 Å². The summed E-state index contributed by atoms with van der Waals surface area (Å²) in [4.78, 5) is 9.21. The molecule has 7 rings (SSSR count). The molecular weight excluding hydrogens is 683 g/mol. The van der Waals surface area contributed by atoms with Crippen molar-refractivity contribution < 1.29 is 22.4 Å². The molecule has 1 aromatic heterocycles. The molecule has 0 saturated carbocycles. The van der Waals surface area contributed by atoms with Crippen molar-refractivity contribution in [3.05, 3.63) is 137 Å². The molecule has 0 aliphatic carbocycles. The SMILES string of the molecule is Cc1cc(C)c(N2[CH-]N(c3c(C)cc(C)cc3C)c3ccccc32)c(C)c1.[Au].c1ccc2c(c1)[n-]c1ccccc12. The van der Waals surface area contributed by atoms with Gasteiger partial charge in [0.05, 0.1) is 0 Å². The van der Waals surface area contributed by atoms with E-state index in [2.05, 4.69) is 148 Å². The van der Waals surface area contributed by atoms with E-state index in [1.807, 2.05) is 12.1 Å². The van der Waals surface area contributed by atoms with Crippen molar-refractivity contribution in [3.8, 4) is 0 Å². The molecule has 5 aromatic carbocycles. The molecule has 3 nitrogen and oxygen atoms in total. The van der Waals surface area contributed by atoms with E-state index in [-0.39, 0.29) is 22.4 Å². The molecule has 0 bridgehead atoms. The normalized spacial score (nSPS) is 12.2. The third-order valence-corrected chi connectivity index (χ3v) is 7.72. The fraction of sp³-hybridized carbons (Fsp3) is 0.162. The van der Waals surface area contributed by atoms with E-state index in [4.69, 9.17) is 0 Å². The molecule has 6 aromatic rings. The molecule has 0 spiro atoms. The maximum Gasteiger partial charge on any atom is 0.0345 e. The minimum atomic E-state index is 0. The van der Waals surface area contributed by atoms with Crippen LogP contribution in [0.15, 0.2) is 97.1 Å². The van der Waals surface area contributed by atoms with Gasteiger partial charge in [-0.1, -0.05) is 96.1 Å². The van der Waals surface area contributed by atoms with Crippen molar-refractivity contribution in [2.24, 2.45) is 0 Å². The number of hydrogen-bond acceptors (Lipinski definition) is 2. The van der Waals surface area contributed by atoms with Crippen LogP contribution in [0, 0.1) is 48.2 Å². The van der Waals surface area contributed by atoms with Crippen LogP contribution < -0.4 is 14.8 Å². The van der Waals surface area contributed by atoms with Gasteiger partial charge in [-0.2, -0.15) is 0 Å². The quantitative estimate of drug-likeness (QED) is 0.131. The molecule has 0 fully saturated rings. The Morgan fingerprint density at radius 2 is 0.829 bits per heavy atom. The summed E-state index contributed by atoms with van der Waals surface area (Å²) in [6.07, 6.45) is 0. The van der Waals surface area contributed by atoms with Gasteiger partial charge in [0, 0.05) is 45.1 Å². The molecule has 0 atom stereocenters. The van der Waals surface area contributed by atoms with Crippen LogP contribution in [-0.4, -0.2) is 0 Å². The molecular formula is C37H35AuN3-2. The van der Waals surface area contributed by atoms with Gasteiger partial charge < -0.3 is 14.8 Å². The van der Waals surface area contributed by atoms with E-state index >= 15 is 0 Å². The number of aromatic nitrogens is 1. The van der Waals surface area contributed by atoms with Crippen LogP contribution in [0.4, 0.5) is 22.7 Å². The topological polar surface area (TPSA) is 20.6 Å². The minimum Gasteiger partial charge on any atom is -0.657 e. The maximum absolute atomic E-state index is 4.52. The van der Waals surface area contributed by atoms with Gasteiger partial charge in [0.15, 0.2) is 0 Å². The number of benzene rings is 5. The molecule has 1 aliphatic rings. The first-order valence-electron chi connectivity index (χ1n) is 13.9. The number of anilines is 4. The summed E-state index contributed by atoms with van der Waals surface area (Å²) in [7, 11) is 0. The first-order chi connectivity index (χ1) is 19.3. The van der Waals surface area contributed by atoms with Crippen molar-refractivity contribution in [1.82, 2.24) is 4.98 Å². The van der Waals surface area contributed by atoms with Crippen molar-refractivity contribution >= 4 is 44.6 Å². The van der Waals surface area contributed by atoms with E-state index in [9.17, 15) is 0 Å². The largest absolute Gasteiger partial charge is 0.657 e. The Balaban J connectivity index is 0.000000201. The Morgan fingerprint density at radius 3 is 1.22 bits per heavy atom. The Hall–Kier alpha value is -3.76. The van der Waals surface area contributed by atoms with Crippen molar-refractivity contribution in [2.75, 3.05) is 9.80 Å². The van der Waals surface area contributed by atoms with Crippen LogP contribution in [0.25, 0.3) is 21.8 Å². The number of fused-ring (bicyclic) bond motifs is 4. The second-order valence-corrected chi connectivity index (χ2v) is 11.0. The number of hydrogen-bond donors (Lipinski definition) is 0. The van der Waals surface area contributed by atoms with Crippen LogP contribution in [0.1, 0.15) is 33.4 Å². The molecule has 1 radical (unpaired) electrons. The van der Waals surface area contributed by atoms with Crippen LogP contribution in [0.2, 0.25) is 0 Å². The average molecular weight is 719 g/mol.